The summed E-state index contributed by atoms with van der Waals surface area (Å²) < 4.78 is 0. The number of rotatable bonds is 4. The van der Waals surface area contributed by atoms with Crippen LogP contribution in [0.3, 0.4) is 0 Å². The monoisotopic (exact) mass is 474 g/mol. The number of H-pyrrole nitrogens is 1. The summed E-state index contributed by atoms with van der Waals surface area (Å²) in [6.45, 7) is 6.27. The number of piperazine rings is 1. The molecule has 2 saturated heterocycles. The van der Waals surface area contributed by atoms with Gasteiger partial charge in [0.15, 0.2) is 0 Å². The van der Waals surface area contributed by atoms with Gasteiger partial charge in [-0.2, -0.15) is 5.10 Å². The van der Waals surface area contributed by atoms with Crippen molar-refractivity contribution in [2.24, 2.45) is 0 Å². The average Bonchev–Trinajstić information content (AvgIpc) is 3.57. The maximum atomic E-state index is 13.5. The summed E-state index contributed by atoms with van der Waals surface area (Å²) in [4.78, 5) is 33.9. The van der Waals surface area contributed by atoms with Gasteiger partial charge >= 0.3 is 0 Å². The fourth-order valence-electron chi connectivity index (χ4n) is 5.41. The van der Waals surface area contributed by atoms with Gasteiger partial charge in [0.05, 0.1) is 23.3 Å². The van der Waals surface area contributed by atoms with Crippen molar-refractivity contribution < 1.29 is 14.7 Å². The van der Waals surface area contributed by atoms with Gasteiger partial charge in [0.2, 0.25) is 5.91 Å². The summed E-state index contributed by atoms with van der Waals surface area (Å²) in [5.41, 5.74) is 5.14. The summed E-state index contributed by atoms with van der Waals surface area (Å²) in [5.74, 6) is -0.142. The Balaban J connectivity index is 1.22. The highest BCUT2D eigenvalue weighted by Crippen LogP contribution is 2.32. The second-order valence-electron chi connectivity index (χ2n) is 9.91. The summed E-state index contributed by atoms with van der Waals surface area (Å²) >= 11 is 0. The molecular formula is C26H30N6O3. The topological polar surface area (TPSA) is 96.0 Å². The van der Waals surface area contributed by atoms with Crippen LogP contribution in [0.2, 0.25) is 0 Å². The second-order valence-corrected chi connectivity index (χ2v) is 9.91. The summed E-state index contributed by atoms with van der Waals surface area (Å²) in [7, 11) is 2.15. The predicted molar refractivity (Wildman–Crippen MR) is 132 cm³/mol. The van der Waals surface area contributed by atoms with Crippen molar-refractivity contribution in [3.8, 4) is 5.75 Å². The van der Waals surface area contributed by atoms with Crippen molar-refractivity contribution in [1.29, 1.82) is 0 Å². The van der Waals surface area contributed by atoms with E-state index in [2.05, 4.69) is 45.2 Å². The summed E-state index contributed by atoms with van der Waals surface area (Å²) in [6, 6.07) is 9.75. The SMILES string of the molecule is CN1CCN(c2ccc3c(c2)CN(C(=O)c2cc4c(CN5CCCC5=O)n[nH]c4cc2O)C3)CC1. The third kappa shape index (κ3) is 3.99. The standard InChI is InChI=1S/C26H30N6O3/c1-29-7-9-30(10-8-29)19-5-4-17-14-32(15-18(17)11-19)26(35)21-12-20-22(13-24(21)33)27-28-23(20)16-31-6-2-3-25(31)34/h4-5,11-13,33H,2-3,6-10,14-16H2,1H3,(H,27,28). The van der Waals surface area contributed by atoms with Gasteiger partial charge in [-0.1, -0.05) is 6.07 Å². The van der Waals surface area contributed by atoms with Crippen LogP contribution in [0.4, 0.5) is 5.69 Å². The quantitative estimate of drug-likeness (QED) is 0.603. The van der Waals surface area contributed by atoms with Crippen LogP contribution in [-0.4, -0.2) is 81.6 Å². The maximum Gasteiger partial charge on any atom is 0.258 e. The number of phenolic OH excluding ortho intramolecular Hbond substituents is 1. The van der Waals surface area contributed by atoms with Gasteiger partial charge in [0, 0.05) is 69.4 Å². The molecule has 2 fully saturated rings. The smallest absolute Gasteiger partial charge is 0.258 e. The van der Waals surface area contributed by atoms with Gasteiger partial charge in [-0.25, -0.2) is 0 Å². The third-order valence-electron chi connectivity index (χ3n) is 7.57. The Morgan fingerprint density at radius 2 is 1.86 bits per heavy atom. The van der Waals surface area contributed by atoms with Gasteiger partial charge in [0.25, 0.3) is 5.91 Å². The Morgan fingerprint density at radius 1 is 1.06 bits per heavy atom. The third-order valence-corrected chi connectivity index (χ3v) is 7.57. The van der Waals surface area contributed by atoms with Crippen molar-refractivity contribution in [1.82, 2.24) is 24.9 Å². The number of carbonyl (C=O) groups excluding carboxylic acids is 2. The van der Waals surface area contributed by atoms with E-state index in [1.54, 1.807) is 21.9 Å². The molecule has 0 aliphatic carbocycles. The zero-order chi connectivity index (χ0) is 24.1. The molecule has 4 heterocycles. The van der Waals surface area contributed by atoms with E-state index in [0.29, 0.717) is 37.3 Å². The normalized spacial score (nSPS) is 18.7. The van der Waals surface area contributed by atoms with Gasteiger partial charge < -0.3 is 24.7 Å². The van der Waals surface area contributed by atoms with Crippen molar-refractivity contribution in [3.05, 3.63) is 52.7 Å². The van der Waals surface area contributed by atoms with Crippen LogP contribution in [0.1, 0.15) is 40.0 Å². The molecule has 3 aliphatic heterocycles. The molecule has 3 aliphatic rings. The number of carbonyl (C=O) groups is 2. The molecule has 0 unspecified atom stereocenters. The molecule has 0 saturated carbocycles. The molecule has 6 rings (SSSR count). The van der Waals surface area contributed by atoms with E-state index in [-0.39, 0.29) is 23.1 Å². The number of nitrogens with zero attached hydrogens (tertiary/aromatic N) is 5. The molecule has 9 heteroatoms. The number of hydrogen-bond donors (Lipinski definition) is 2. The molecule has 0 spiro atoms. The zero-order valence-electron chi connectivity index (χ0n) is 20.0. The van der Waals surface area contributed by atoms with Crippen molar-refractivity contribution in [2.45, 2.75) is 32.5 Å². The molecule has 9 nitrogen and oxygen atoms in total. The number of amides is 2. The van der Waals surface area contributed by atoms with Crippen molar-refractivity contribution in [2.75, 3.05) is 44.7 Å². The molecule has 3 aromatic rings. The number of anilines is 1. The minimum atomic E-state index is -0.203. The first-order valence-electron chi connectivity index (χ1n) is 12.3. The molecule has 182 valence electrons. The number of aromatic amines is 1. The number of likely N-dealkylation sites (N-methyl/N-ethyl adjacent to an activating group) is 1. The summed E-state index contributed by atoms with van der Waals surface area (Å²) in [6.07, 6.45) is 1.43. The van der Waals surface area contributed by atoms with E-state index in [4.69, 9.17) is 0 Å². The largest absolute Gasteiger partial charge is 0.507 e. The number of likely N-dealkylation sites (tertiary alicyclic amines) is 1. The highest BCUT2D eigenvalue weighted by molar-refractivity contribution is 6.01. The highest BCUT2D eigenvalue weighted by atomic mass is 16.3. The van der Waals surface area contributed by atoms with E-state index in [0.717, 1.165) is 55.7 Å². The highest BCUT2D eigenvalue weighted by Gasteiger charge is 2.28. The molecular weight excluding hydrogens is 444 g/mol. The first-order valence-corrected chi connectivity index (χ1v) is 12.3. The number of fused-ring (bicyclic) bond motifs is 2. The van der Waals surface area contributed by atoms with E-state index < -0.39 is 0 Å². The lowest BCUT2D eigenvalue weighted by Crippen LogP contribution is -2.44. The lowest BCUT2D eigenvalue weighted by atomic mass is 10.1. The first-order chi connectivity index (χ1) is 17.0. The van der Waals surface area contributed by atoms with Crippen LogP contribution >= 0.6 is 0 Å². The fraction of sp³-hybridized carbons (Fsp3) is 0.423. The number of hydrogen-bond acceptors (Lipinski definition) is 6. The number of aromatic nitrogens is 2. The van der Waals surface area contributed by atoms with E-state index >= 15 is 0 Å². The molecule has 35 heavy (non-hydrogen) atoms. The molecule has 0 atom stereocenters. The Morgan fingerprint density at radius 3 is 2.63 bits per heavy atom. The molecule has 0 radical (unpaired) electrons. The molecule has 2 N–H and O–H groups in total. The van der Waals surface area contributed by atoms with Crippen molar-refractivity contribution in [3.63, 3.8) is 0 Å². The molecule has 2 amide bonds. The maximum absolute atomic E-state index is 13.5. The predicted octanol–water partition coefficient (Wildman–Crippen LogP) is 2.30. The van der Waals surface area contributed by atoms with Gasteiger partial charge in [-0.15, -0.1) is 0 Å². The molecule has 0 bridgehead atoms. The van der Waals surface area contributed by atoms with Crippen LogP contribution in [0.15, 0.2) is 30.3 Å². The summed E-state index contributed by atoms with van der Waals surface area (Å²) in [5, 5.41) is 18.7. The zero-order valence-corrected chi connectivity index (χ0v) is 20.0. The van der Waals surface area contributed by atoms with Crippen LogP contribution in [0, 0.1) is 0 Å². The average molecular weight is 475 g/mol. The van der Waals surface area contributed by atoms with Gasteiger partial charge in [-0.3, -0.25) is 14.7 Å². The Hall–Kier alpha value is -3.59. The van der Waals surface area contributed by atoms with E-state index in [1.165, 1.54) is 5.69 Å². The van der Waals surface area contributed by atoms with Crippen LogP contribution in [0.25, 0.3) is 10.9 Å². The van der Waals surface area contributed by atoms with Crippen LogP contribution in [-0.2, 0) is 24.4 Å². The van der Waals surface area contributed by atoms with Crippen molar-refractivity contribution >= 4 is 28.4 Å². The lowest BCUT2D eigenvalue weighted by molar-refractivity contribution is -0.128. The molecule has 2 aromatic carbocycles. The Labute approximate surface area is 203 Å². The number of aromatic hydroxyl groups is 1. The number of phenols is 1. The van der Waals surface area contributed by atoms with E-state index in [1.807, 2.05) is 0 Å². The Kier molecular flexibility index (Phi) is 5.36. The number of benzene rings is 2. The van der Waals surface area contributed by atoms with Crippen LogP contribution < -0.4 is 4.90 Å². The Bertz CT molecular complexity index is 1310. The molecule has 1 aromatic heterocycles. The lowest BCUT2D eigenvalue weighted by Gasteiger charge is -2.34. The number of nitrogens with one attached hydrogen (secondary N) is 1. The second kappa shape index (κ2) is 8.57. The van der Waals surface area contributed by atoms with Gasteiger partial charge in [-0.05, 0) is 42.8 Å². The van der Waals surface area contributed by atoms with E-state index in [9.17, 15) is 14.7 Å². The fourth-order valence-corrected chi connectivity index (χ4v) is 5.41. The van der Waals surface area contributed by atoms with Crippen LogP contribution in [0.5, 0.6) is 5.75 Å². The minimum absolute atomic E-state index is 0.0657. The van der Waals surface area contributed by atoms with Gasteiger partial charge in [0.1, 0.15) is 5.75 Å². The first kappa shape index (κ1) is 21.9. The minimum Gasteiger partial charge on any atom is -0.507 e.